The molecule has 0 spiro atoms. The first-order valence-corrected chi connectivity index (χ1v) is 14.0. The highest BCUT2D eigenvalue weighted by Gasteiger charge is 2.33. The van der Waals surface area contributed by atoms with E-state index in [1.807, 2.05) is 73.7 Å². The Labute approximate surface area is 236 Å². The predicted molar refractivity (Wildman–Crippen MR) is 158 cm³/mol. The first kappa shape index (κ1) is 27.1. The molecule has 7 nitrogen and oxygen atoms in total. The summed E-state index contributed by atoms with van der Waals surface area (Å²) in [6, 6.07) is 18.5. The van der Waals surface area contributed by atoms with E-state index >= 15 is 0 Å². The Morgan fingerprint density at radius 1 is 1.02 bits per heavy atom. The molecule has 1 unspecified atom stereocenters. The van der Waals surface area contributed by atoms with Gasteiger partial charge in [-0.1, -0.05) is 66.5 Å². The van der Waals surface area contributed by atoms with Gasteiger partial charge in [-0.05, 0) is 61.6 Å². The zero-order valence-electron chi connectivity index (χ0n) is 22.7. The van der Waals surface area contributed by atoms with E-state index in [0.29, 0.717) is 39.6 Å². The minimum absolute atomic E-state index is 0.214. The Hall–Kier alpha value is -4.43. The monoisotopic (exact) mass is 554 g/mol. The van der Waals surface area contributed by atoms with Gasteiger partial charge in [-0.15, -0.1) is 0 Å². The van der Waals surface area contributed by atoms with Gasteiger partial charge in [0.15, 0.2) is 4.80 Å². The Balaban J connectivity index is 1.68. The number of fused-ring (bicyclic) bond motifs is 2. The zero-order valence-corrected chi connectivity index (χ0v) is 23.5. The number of thiazole rings is 1. The summed E-state index contributed by atoms with van der Waals surface area (Å²) in [7, 11) is 0. The van der Waals surface area contributed by atoms with Crippen molar-refractivity contribution >= 4 is 34.2 Å². The third-order valence-electron chi connectivity index (χ3n) is 6.58. The third kappa shape index (κ3) is 5.10. The maximum absolute atomic E-state index is 14.0. The van der Waals surface area contributed by atoms with Crippen LogP contribution in [-0.4, -0.2) is 30.4 Å². The Kier molecular flexibility index (Phi) is 7.98. The molecule has 0 saturated heterocycles. The topological polar surface area (TPSA) is 79.1 Å². The van der Waals surface area contributed by atoms with E-state index < -0.39 is 12.0 Å². The molecule has 1 atom stereocenters. The zero-order chi connectivity index (χ0) is 28.2. The van der Waals surface area contributed by atoms with Crippen molar-refractivity contribution in [3.63, 3.8) is 0 Å². The molecule has 0 saturated carbocycles. The van der Waals surface area contributed by atoms with Crippen LogP contribution in [0.25, 0.3) is 16.8 Å². The van der Waals surface area contributed by atoms with Gasteiger partial charge >= 0.3 is 5.97 Å². The third-order valence-corrected chi connectivity index (χ3v) is 7.57. The molecule has 0 bridgehead atoms. The van der Waals surface area contributed by atoms with Crippen LogP contribution in [0.5, 0.6) is 11.5 Å². The number of benzene rings is 3. The Morgan fingerprint density at radius 2 is 1.77 bits per heavy atom. The quantitative estimate of drug-likeness (QED) is 0.217. The largest absolute Gasteiger partial charge is 0.493 e. The van der Waals surface area contributed by atoms with E-state index in [-0.39, 0.29) is 12.2 Å². The lowest BCUT2D eigenvalue weighted by Crippen LogP contribution is -2.39. The van der Waals surface area contributed by atoms with E-state index in [9.17, 15) is 9.59 Å². The van der Waals surface area contributed by atoms with Crippen molar-refractivity contribution in [2.24, 2.45) is 4.99 Å². The summed E-state index contributed by atoms with van der Waals surface area (Å²) < 4.78 is 18.9. The molecule has 3 aromatic carbocycles. The van der Waals surface area contributed by atoms with Crippen LogP contribution < -0.4 is 24.4 Å². The lowest BCUT2D eigenvalue weighted by atomic mass is 9.96. The second-order valence-electron chi connectivity index (χ2n) is 9.10. The fourth-order valence-corrected chi connectivity index (χ4v) is 5.89. The van der Waals surface area contributed by atoms with E-state index in [0.717, 1.165) is 27.6 Å². The Morgan fingerprint density at radius 3 is 2.48 bits per heavy atom. The van der Waals surface area contributed by atoms with Crippen LogP contribution in [0, 0.1) is 0 Å². The number of hydrogen-bond acceptors (Lipinski definition) is 7. The summed E-state index contributed by atoms with van der Waals surface area (Å²) in [6.45, 7) is 10.3. The van der Waals surface area contributed by atoms with Gasteiger partial charge in [-0.3, -0.25) is 9.36 Å². The van der Waals surface area contributed by atoms with Gasteiger partial charge in [-0.25, -0.2) is 9.79 Å². The highest BCUT2D eigenvalue weighted by molar-refractivity contribution is 7.07. The molecule has 204 valence electrons. The number of nitrogens with zero attached hydrogens (tertiary/aromatic N) is 2. The minimum Gasteiger partial charge on any atom is -0.493 e. The molecule has 1 aliphatic heterocycles. The van der Waals surface area contributed by atoms with Crippen molar-refractivity contribution in [2.45, 2.75) is 26.8 Å². The number of aromatic nitrogens is 1. The van der Waals surface area contributed by atoms with Gasteiger partial charge in [0.2, 0.25) is 0 Å². The summed E-state index contributed by atoms with van der Waals surface area (Å²) >= 11 is 1.30. The van der Waals surface area contributed by atoms with Crippen LogP contribution in [0.15, 0.2) is 94.4 Å². The van der Waals surface area contributed by atoms with Crippen LogP contribution in [0.4, 0.5) is 0 Å². The van der Waals surface area contributed by atoms with E-state index in [1.54, 1.807) is 24.5 Å². The average Bonchev–Trinajstić information content (AvgIpc) is 3.27. The summed E-state index contributed by atoms with van der Waals surface area (Å²) in [5, 5.41) is 1.96. The summed E-state index contributed by atoms with van der Waals surface area (Å²) in [6.07, 6.45) is 3.55. The number of rotatable bonds is 9. The molecule has 0 radical (unpaired) electrons. The second kappa shape index (κ2) is 11.8. The molecule has 0 aliphatic carbocycles. The fraction of sp³-hybridized carbons (Fsp3) is 0.219. The van der Waals surface area contributed by atoms with Gasteiger partial charge in [0, 0.05) is 5.39 Å². The summed E-state index contributed by atoms with van der Waals surface area (Å²) in [5.74, 6) is 0.969. The molecule has 5 rings (SSSR count). The fourth-order valence-electron chi connectivity index (χ4n) is 4.85. The van der Waals surface area contributed by atoms with Gasteiger partial charge in [0.05, 0.1) is 35.1 Å². The minimum atomic E-state index is -0.692. The maximum atomic E-state index is 14.0. The summed E-state index contributed by atoms with van der Waals surface area (Å²) in [4.78, 5) is 32.3. The van der Waals surface area contributed by atoms with Crippen LogP contribution in [0.2, 0.25) is 0 Å². The molecule has 40 heavy (non-hydrogen) atoms. The lowest BCUT2D eigenvalue weighted by molar-refractivity contribution is -0.139. The number of allylic oxidation sites excluding steroid dienone is 1. The second-order valence-corrected chi connectivity index (χ2v) is 10.1. The van der Waals surface area contributed by atoms with Crippen LogP contribution in [0.3, 0.4) is 0 Å². The van der Waals surface area contributed by atoms with Crippen molar-refractivity contribution in [1.29, 1.82) is 0 Å². The van der Waals surface area contributed by atoms with Crippen molar-refractivity contribution < 1.29 is 19.0 Å². The van der Waals surface area contributed by atoms with Crippen molar-refractivity contribution in [1.82, 2.24) is 4.57 Å². The molecular weight excluding hydrogens is 524 g/mol. The smallest absolute Gasteiger partial charge is 0.338 e. The standard InChI is InChI=1S/C32H30N2O5S/c1-5-18-39-23-15-12-21(13-16-23)29-28(31(36)38-7-3)20(4)33-32-34(29)30(35)27(40-32)19-22-14-17-26(37-6-2)25-11-9-8-10-24(22)25/h5,8-17,19,29H,1,6-7,18H2,2-4H3/b27-19-. The molecule has 0 amide bonds. The first-order valence-electron chi connectivity index (χ1n) is 13.1. The number of esters is 1. The van der Waals surface area contributed by atoms with Crippen LogP contribution in [-0.2, 0) is 9.53 Å². The van der Waals surface area contributed by atoms with Gasteiger partial charge in [0.25, 0.3) is 5.56 Å². The molecule has 1 aromatic heterocycles. The molecule has 4 aromatic rings. The normalized spacial score (nSPS) is 15.0. The van der Waals surface area contributed by atoms with Crippen molar-refractivity contribution in [3.8, 4) is 11.5 Å². The van der Waals surface area contributed by atoms with E-state index in [4.69, 9.17) is 14.2 Å². The molecule has 1 aliphatic rings. The van der Waals surface area contributed by atoms with Gasteiger partial charge < -0.3 is 14.2 Å². The number of ether oxygens (including phenoxy) is 3. The number of carbonyl (C=O) groups is 1. The molecule has 0 fully saturated rings. The molecule has 2 heterocycles. The summed E-state index contributed by atoms with van der Waals surface area (Å²) in [5.41, 5.74) is 2.28. The van der Waals surface area contributed by atoms with Gasteiger partial charge in [-0.2, -0.15) is 0 Å². The highest BCUT2D eigenvalue weighted by atomic mass is 32.1. The molecule has 8 heteroatoms. The maximum Gasteiger partial charge on any atom is 0.338 e. The van der Waals surface area contributed by atoms with E-state index in [1.165, 1.54) is 11.3 Å². The molecular formula is C32H30N2O5S. The average molecular weight is 555 g/mol. The van der Waals surface area contributed by atoms with Crippen LogP contribution in [0.1, 0.15) is 37.9 Å². The molecule has 0 N–H and O–H groups in total. The number of carbonyl (C=O) groups excluding carboxylic acids is 1. The predicted octanol–water partition coefficient (Wildman–Crippen LogP) is 4.92. The van der Waals surface area contributed by atoms with Crippen LogP contribution >= 0.6 is 11.3 Å². The number of hydrogen-bond donors (Lipinski definition) is 0. The Bertz CT molecular complexity index is 1800. The lowest BCUT2D eigenvalue weighted by Gasteiger charge is -2.24. The van der Waals surface area contributed by atoms with E-state index in [2.05, 4.69) is 11.6 Å². The SMILES string of the molecule is C=CCOc1ccc(C2C(C(=O)OCC)=C(C)N=c3s/c(=C\c4ccc(OCC)c5ccccc45)c(=O)n32)cc1. The first-order chi connectivity index (χ1) is 19.5. The van der Waals surface area contributed by atoms with Crippen molar-refractivity contribution in [3.05, 3.63) is 115 Å². The van der Waals surface area contributed by atoms with Crippen molar-refractivity contribution in [2.75, 3.05) is 19.8 Å². The highest BCUT2D eigenvalue weighted by Crippen LogP contribution is 2.32. The van der Waals surface area contributed by atoms with Gasteiger partial charge in [0.1, 0.15) is 18.1 Å².